The number of carbonyl (C=O) groups is 1. The summed E-state index contributed by atoms with van der Waals surface area (Å²) in [6, 6.07) is 7.43. The molecule has 0 fully saturated rings. The molecule has 5 heteroatoms. The maximum Gasteiger partial charge on any atom is 0.339 e. The van der Waals surface area contributed by atoms with Crippen LogP contribution in [0.15, 0.2) is 34.9 Å². The van der Waals surface area contributed by atoms with Gasteiger partial charge in [-0.1, -0.05) is 28.1 Å². The fraction of sp³-hybridized carbons (Fsp3) is 0.167. The van der Waals surface area contributed by atoms with Gasteiger partial charge in [-0.05, 0) is 19.1 Å². The van der Waals surface area contributed by atoms with E-state index in [1.54, 1.807) is 10.9 Å². The van der Waals surface area contributed by atoms with Crippen molar-refractivity contribution in [2.24, 2.45) is 0 Å². The van der Waals surface area contributed by atoms with Crippen molar-refractivity contribution < 1.29 is 9.90 Å². The largest absolute Gasteiger partial charge is 0.478 e. The van der Waals surface area contributed by atoms with Crippen LogP contribution in [0.25, 0.3) is 11.3 Å². The van der Waals surface area contributed by atoms with Crippen LogP contribution in [-0.4, -0.2) is 20.9 Å². The standard InChI is InChI=1S/C12H11BrN2O2/c1-2-15-7-10(12(16)17)11(14-15)8-3-5-9(13)6-4-8/h3-7H,2H2,1H3,(H,16,17). The van der Waals surface area contributed by atoms with Crippen molar-refractivity contribution >= 4 is 21.9 Å². The predicted octanol–water partition coefficient (Wildman–Crippen LogP) is 3.03. The summed E-state index contributed by atoms with van der Waals surface area (Å²) >= 11 is 3.34. The Balaban J connectivity index is 2.53. The van der Waals surface area contributed by atoms with Gasteiger partial charge in [0.25, 0.3) is 0 Å². The molecule has 0 amide bonds. The van der Waals surface area contributed by atoms with E-state index in [2.05, 4.69) is 21.0 Å². The van der Waals surface area contributed by atoms with E-state index in [1.165, 1.54) is 0 Å². The van der Waals surface area contributed by atoms with E-state index in [-0.39, 0.29) is 5.56 Å². The first-order valence-corrected chi connectivity index (χ1v) is 5.97. The van der Waals surface area contributed by atoms with E-state index >= 15 is 0 Å². The van der Waals surface area contributed by atoms with Crippen LogP contribution in [0, 0.1) is 0 Å². The van der Waals surface area contributed by atoms with Gasteiger partial charge in [0, 0.05) is 22.8 Å². The van der Waals surface area contributed by atoms with Crippen LogP contribution in [0.2, 0.25) is 0 Å². The molecule has 88 valence electrons. The summed E-state index contributed by atoms with van der Waals surface area (Å²) < 4.78 is 2.58. The molecule has 1 aromatic carbocycles. The van der Waals surface area contributed by atoms with Gasteiger partial charge < -0.3 is 5.11 Å². The molecule has 0 bridgehead atoms. The minimum Gasteiger partial charge on any atom is -0.478 e. The molecule has 1 aromatic heterocycles. The first kappa shape index (κ1) is 11.9. The van der Waals surface area contributed by atoms with Crippen LogP contribution < -0.4 is 0 Å². The molecule has 0 atom stereocenters. The first-order valence-electron chi connectivity index (χ1n) is 5.18. The van der Waals surface area contributed by atoms with Crippen molar-refractivity contribution in [3.8, 4) is 11.3 Å². The number of hydrogen-bond acceptors (Lipinski definition) is 2. The smallest absolute Gasteiger partial charge is 0.339 e. The second-order valence-corrected chi connectivity index (χ2v) is 4.47. The average Bonchev–Trinajstić information content (AvgIpc) is 2.74. The van der Waals surface area contributed by atoms with E-state index in [0.29, 0.717) is 12.2 Å². The molecule has 0 radical (unpaired) electrons. The molecule has 0 unspecified atom stereocenters. The molecule has 0 saturated heterocycles. The number of halogens is 1. The van der Waals surface area contributed by atoms with Crippen LogP contribution in [0.5, 0.6) is 0 Å². The summed E-state index contributed by atoms with van der Waals surface area (Å²) in [6.45, 7) is 2.57. The van der Waals surface area contributed by atoms with Crippen molar-refractivity contribution in [1.29, 1.82) is 0 Å². The van der Waals surface area contributed by atoms with Gasteiger partial charge in [0.2, 0.25) is 0 Å². The minimum atomic E-state index is -0.956. The van der Waals surface area contributed by atoms with Crippen LogP contribution in [-0.2, 0) is 6.54 Å². The highest BCUT2D eigenvalue weighted by molar-refractivity contribution is 9.10. The molecule has 0 saturated carbocycles. The van der Waals surface area contributed by atoms with Crippen molar-refractivity contribution in [2.45, 2.75) is 13.5 Å². The summed E-state index contributed by atoms with van der Waals surface area (Å²) in [6.07, 6.45) is 1.56. The normalized spacial score (nSPS) is 10.5. The monoisotopic (exact) mass is 294 g/mol. The third-order valence-corrected chi connectivity index (χ3v) is 2.96. The van der Waals surface area contributed by atoms with Gasteiger partial charge in [0.15, 0.2) is 0 Å². The molecule has 4 nitrogen and oxygen atoms in total. The lowest BCUT2D eigenvalue weighted by Gasteiger charge is -1.99. The Morgan fingerprint density at radius 3 is 2.59 bits per heavy atom. The Morgan fingerprint density at radius 1 is 1.41 bits per heavy atom. The summed E-state index contributed by atoms with van der Waals surface area (Å²) in [7, 11) is 0. The van der Waals surface area contributed by atoms with E-state index in [9.17, 15) is 4.79 Å². The van der Waals surface area contributed by atoms with E-state index in [0.717, 1.165) is 10.0 Å². The molecule has 0 aliphatic rings. The van der Waals surface area contributed by atoms with Crippen LogP contribution in [0.3, 0.4) is 0 Å². The van der Waals surface area contributed by atoms with E-state index in [1.807, 2.05) is 31.2 Å². The number of hydrogen-bond donors (Lipinski definition) is 1. The maximum absolute atomic E-state index is 11.1. The van der Waals surface area contributed by atoms with Gasteiger partial charge in [0.05, 0.1) is 0 Å². The summed E-state index contributed by atoms with van der Waals surface area (Å²) in [4.78, 5) is 11.1. The fourth-order valence-electron chi connectivity index (χ4n) is 1.56. The number of carboxylic acid groups (broad SMARTS) is 1. The lowest BCUT2D eigenvalue weighted by atomic mass is 10.1. The number of aryl methyl sites for hydroxylation is 1. The zero-order valence-electron chi connectivity index (χ0n) is 9.22. The van der Waals surface area contributed by atoms with Crippen molar-refractivity contribution in [1.82, 2.24) is 9.78 Å². The van der Waals surface area contributed by atoms with Crippen molar-refractivity contribution in [2.75, 3.05) is 0 Å². The second kappa shape index (κ2) is 4.71. The Bertz CT molecular complexity index is 546. The molecule has 1 heterocycles. The number of nitrogens with zero attached hydrogens (tertiary/aromatic N) is 2. The maximum atomic E-state index is 11.1. The van der Waals surface area contributed by atoms with Gasteiger partial charge in [-0.25, -0.2) is 4.79 Å². The van der Waals surface area contributed by atoms with Crippen LogP contribution in [0.4, 0.5) is 0 Å². The predicted molar refractivity (Wildman–Crippen MR) is 68.0 cm³/mol. The first-order chi connectivity index (χ1) is 8.11. The highest BCUT2D eigenvalue weighted by Gasteiger charge is 2.16. The van der Waals surface area contributed by atoms with Gasteiger partial charge in [-0.3, -0.25) is 4.68 Å². The zero-order chi connectivity index (χ0) is 12.4. The second-order valence-electron chi connectivity index (χ2n) is 3.56. The number of aromatic carboxylic acids is 1. The summed E-state index contributed by atoms with van der Waals surface area (Å²) in [5, 5.41) is 13.4. The summed E-state index contributed by atoms with van der Waals surface area (Å²) in [5.41, 5.74) is 1.54. The average molecular weight is 295 g/mol. The number of benzene rings is 1. The molecular formula is C12H11BrN2O2. The summed E-state index contributed by atoms with van der Waals surface area (Å²) in [5.74, 6) is -0.956. The topological polar surface area (TPSA) is 55.1 Å². The molecule has 2 rings (SSSR count). The fourth-order valence-corrected chi connectivity index (χ4v) is 1.83. The molecular weight excluding hydrogens is 284 g/mol. The molecule has 2 aromatic rings. The van der Waals surface area contributed by atoms with Crippen molar-refractivity contribution in [3.05, 3.63) is 40.5 Å². The van der Waals surface area contributed by atoms with E-state index < -0.39 is 5.97 Å². The molecule has 17 heavy (non-hydrogen) atoms. The SMILES string of the molecule is CCn1cc(C(=O)O)c(-c2ccc(Br)cc2)n1. The highest BCUT2D eigenvalue weighted by Crippen LogP contribution is 2.23. The van der Waals surface area contributed by atoms with Crippen LogP contribution >= 0.6 is 15.9 Å². The van der Waals surface area contributed by atoms with Crippen LogP contribution in [0.1, 0.15) is 17.3 Å². The third-order valence-electron chi connectivity index (χ3n) is 2.43. The van der Waals surface area contributed by atoms with Gasteiger partial charge >= 0.3 is 5.97 Å². The van der Waals surface area contributed by atoms with Gasteiger partial charge in [0.1, 0.15) is 11.3 Å². The number of rotatable bonds is 3. The van der Waals surface area contributed by atoms with E-state index in [4.69, 9.17) is 5.11 Å². The lowest BCUT2D eigenvalue weighted by molar-refractivity contribution is 0.0697. The Morgan fingerprint density at radius 2 is 2.06 bits per heavy atom. The Labute approximate surface area is 107 Å². The van der Waals surface area contributed by atoms with Gasteiger partial charge in [-0.15, -0.1) is 0 Å². The molecule has 0 aliphatic heterocycles. The molecule has 1 N–H and O–H groups in total. The number of aromatic nitrogens is 2. The van der Waals surface area contributed by atoms with Gasteiger partial charge in [-0.2, -0.15) is 5.10 Å². The minimum absolute atomic E-state index is 0.231. The Hall–Kier alpha value is -1.62. The van der Waals surface area contributed by atoms with Crippen molar-refractivity contribution in [3.63, 3.8) is 0 Å². The zero-order valence-corrected chi connectivity index (χ0v) is 10.8. The molecule has 0 spiro atoms. The Kier molecular flexibility index (Phi) is 3.28. The number of carboxylic acids is 1. The molecule has 0 aliphatic carbocycles. The third kappa shape index (κ3) is 2.39. The quantitative estimate of drug-likeness (QED) is 0.947. The highest BCUT2D eigenvalue weighted by atomic mass is 79.9. The lowest BCUT2D eigenvalue weighted by Crippen LogP contribution is -1.96.